The van der Waals surface area contributed by atoms with Crippen molar-refractivity contribution in [1.82, 2.24) is 5.32 Å². The number of nitrogens with two attached hydrogens (primary N) is 1. The number of methoxy groups -OCH3 is 1. The summed E-state index contributed by atoms with van der Waals surface area (Å²) in [6.45, 7) is -0.0724. The predicted molar refractivity (Wildman–Crippen MR) is 90.8 cm³/mol. The second kappa shape index (κ2) is 8.68. The molecule has 0 aliphatic carbocycles. The molecule has 25 heavy (non-hydrogen) atoms. The second-order valence-electron chi connectivity index (χ2n) is 5.22. The van der Waals surface area contributed by atoms with Gasteiger partial charge in [-0.25, -0.2) is 9.18 Å². The van der Waals surface area contributed by atoms with E-state index in [1.165, 1.54) is 6.07 Å². The average Bonchev–Trinajstić information content (AvgIpc) is 2.60. The molecule has 0 heterocycles. The minimum absolute atomic E-state index is 0.0169. The standard InChI is InChI=1S/C18H19FN2O4/c1-24-16-5-3-2-4-12(16)8-9-21-17(22)11-25-18(23)14-7-6-13(19)10-15(14)20/h2-7,10H,8-9,11,20H2,1H3,(H,21,22). The lowest BCUT2D eigenvalue weighted by Crippen LogP contribution is -2.30. The average molecular weight is 346 g/mol. The Morgan fingerprint density at radius 2 is 1.96 bits per heavy atom. The van der Waals surface area contributed by atoms with Crippen molar-refractivity contribution in [1.29, 1.82) is 0 Å². The molecule has 7 heteroatoms. The summed E-state index contributed by atoms with van der Waals surface area (Å²) in [5.41, 5.74) is 6.48. The summed E-state index contributed by atoms with van der Waals surface area (Å²) in [5, 5.41) is 2.65. The van der Waals surface area contributed by atoms with Crippen LogP contribution in [0.4, 0.5) is 10.1 Å². The Kier molecular flexibility index (Phi) is 6.33. The highest BCUT2D eigenvalue weighted by Crippen LogP contribution is 2.17. The first-order chi connectivity index (χ1) is 12.0. The fourth-order valence-electron chi connectivity index (χ4n) is 2.23. The predicted octanol–water partition coefficient (Wildman–Crippen LogP) is 1.93. The van der Waals surface area contributed by atoms with Crippen molar-refractivity contribution >= 4 is 17.6 Å². The van der Waals surface area contributed by atoms with E-state index in [0.717, 1.165) is 23.4 Å². The number of hydrogen-bond acceptors (Lipinski definition) is 5. The number of nitrogen functional groups attached to an aromatic ring is 1. The SMILES string of the molecule is COc1ccccc1CCNC(=O)COC(=O)c1ccc(F)cc1N. The molecule has 2 rings (SSSR count). The molecule has 2 aromatic rings. The number of esters is 1. The topological polar surface area (TPSA) is 90.6 Å². The van der Waals surface area contributed by atoms with E-state index in [1.54, 1.807) is 7.11 Å². The van der Waals surface area contributed by atoms with E-state index in [1.807, 2.05) is 24.3 Å². The molecule has 0 fully saturated rings. The fourth-order valence-corrected chi connectivity index (χ4v) is 2.23. The molecule has 3 N–H and O–H groups in total. The molecule has 0 aromatic heterocycles. The Bertz CT molecular complexity index is 764. The maximum Gasteiger partial charge on any atom is 0.340 e. The summed E-state index contributed by atoms with van der Waals surface area (Å²) in [6.07, 6.45) is 0.578. The van der Waals surface area contributed by atoms with E-state index >= 15 is 0 Å². The number of anilines is 1. The molecule has 0 saturated heterocycles. The lowest BCUT2D eigenvalue weighted by Gasteiger charge is -2.10. The van der Waals surface area contributed by atoms with Gasteiger partial charge in [0, 0.05) is 12.2 Å². The number of carbonyl (C=O) groups excluding carboxylic acids is 2. The molecule has 0 atom stereocenters. The lowest BCUT2D eigenvalue weighted by molar-refractivity contribution is -0.124. The van der Waals surface area contributed by atoms with Gasteiger partial charge in [0.15, 0.2) is 6.61 Å². The third-order valence-corrected chi connectivity index (χ3v) is 3.48. The van der Waals surface area contributed by atoms with Gasteiger partial charge in [-0.2, -0.15) is 0 Å². The Morgan fingerprint density at radius 3 is 2.68 bits per heavy atom. The minimum atomic E-state index is -0.780. The van der Waals surface area contributed by atoms with Gasteiger partial charge in [-0.15, -0.1) is 0 Å². The zero-order valence-corrected chi connectivity index (χ0v) is 13.8. The number of carbonyl (C=O) groups is 2. The van der Waals surface area contributed by atoms with Crippen molar-refractivity contribution in [2.75, 3.05) is 26.0 Å². The van der Waals surface area contributed by atoms with Gasteiger partial charge in [-0.3, -0.25) is 4.79 Å². The van der Waals surface area contributed by atoms with Gasteiger partial charge in [0.05, 0.1) is 12.7 Å². The van der Waals surface area contributed by atoms with E-state index in [0.29, 0.717) is 13.0 Å². The summed E-state index contributed by atoms with van der Waals surface area (Å²) >= 11 is 0. The van der Waals surface area contributed by atoms with Crippen LogP contribution in [0.25, 0.3) is 0 Å². The van der Waals surface area contributed by atoms with Crippen molar-refractivity contribution in [2.24, 2.45) is 0 Å². The maximum absolute atomic E-state index is 13.0. The van der Waals surface area contributed by atoms with Crippen molar-refractivity contribution in [3.05, 3.63) is 59.4 Å². The molecule has 0 spiro atoms. The molecule has 0 saturated carbocycles. The molecule has 132 valence electrons. The van der Waals surface area contributed by atoms with Crippen LogP contribution in [0.1, 0.15) is 15.9 Å². The van der Waals surface area contributed by atoms with Gasteiger partial charge >= 0.3 is 5.97 Å². The van der Waals surface area contributed by atoms with Gasteiger partial charge in [0.25, 0.3) is 5.91 Å². The molecular weight excluding hydrogens is 327 g/mol. The first-order valence-electron chi connectivity index (χ1n) is 7.62. The third-order valence-electron chi connectivity index (χ3n) is 3.48. The summed E-state index contributed by atoms with van der Waals surface area (Å²) in [4.78, 5) is 23.6. The van der Waals surface area contributed by atoms with Crippen molar-refractivity contribution in [2.45, 2.75) is 6.42 Å². The first-order valence-corrected chi connectivity index (χ1v) is 7.62. The number of ether oxygens (including phenoxy) is 2. The van der Waals surface area contributed by atoms with Crippen LogP contribution in [0.5, 0.6) is 5.75 Å². The van der Waals surface area contributed by atoms with Crippen LogP contribution in [-0.4, -0.2) is 32.1 Å². The van der Waals surface area contributed by atoms with Crippen molar-refractivity contribution in [3.63, 3.8) is 0 Å². The largest absolute Gasteiger partial charge is 0.496 e. The number of benzene rings is 2. The Morgan fingerprint density at radius 1 is 1.20 bits per heavy atom. The molecule has 0 bridgehead atoms. The molecule has 6 nitrogen and oxygen atoms in total. The number of halogens is 1. The van der Waals surface area contributed by atoms with E-state index < -0.39 is 24.3 Å². The Balaban J connectivity index is 1.78. The number of para-hydroxylation sites is 1. The van der Waals surface area contributed by atoms with Crippen LogP contribution < -0.4 is 15.8 Å². The number of hydrogen-bond donors (Lipinski definition) is 2. The molecule has 0 aliphatic rings. The zero-order valence-electron chi connectivity index (χ0n) is 13.8. The van der Waals surface area contributed by atoms with Crippen LogP contribution in [0.2, 0.25) is 0 Å². The summed E-state index contributed by atoms with van der Waals surface area (Å²) in [7, 11) is 1.58. The summed E-state index contributed by atoms with van der Waals surface area (Å²) in [5.74, 6) is -1.03. The van der Waals surface area contributed by atoms with Gasteiger partial charge in [0.1, 0.15) is 11.6 Å². The van der Waals surface area contributed by atoms with Gasteiger partial charge in [-0.05, 0) is 36.2 Å². The smallest absolute Gasteiger partial charge is 0.340 e. The van der Waals surface area contributed by atoms with Gasteiger partial charge < -0.3 is 20.5 Å². The van der Waals surface area contributed by atoms with Crippen molar-refractivity contribution < 1.29 is 23.5 Å². The molecule has 0 radical (unpaired) electrons. The normalized spacial score (nSPS) is 10.2. The number of rotatable bonds is 7. The van der Waals surface area contributed by atoms with Crippen LogP contribution in [0.3, 0.4) is 0 Å². The van der Waals surface area contributed by atoms with E-state index in [2.05, 4.69) is 5.32 Å². The highest BCUT2D eigenvalue weighted by atomic mass is 19.1. The third kappa shape index (κ3) is 5.20. The highest BCUT2D eigenvalue weighted by molar-refractivity contribution is 5.96. The Hall–Kier alpha value is -3.09. The number of amides is 1. The molecule has 0 aliphatic heterocycles. The van der Waals surface area contributed by atoms with E-state index in [4.69, 9.17) is 15.2 Å². The second-order valence-corrected chi connectivity index (χ2v) is 5.22. The van der Waals surface area contributed by atoms with Gasteiger partial charge in [-0.1, -0.05) is 18.2 Å². The maximum atomic E-state index is 13.0. The van der Waals surface area contributed by atoms with Crippen LogP contribution in [-0.2, 0) is 16.0 Å². The summed E-state index contributed by atoms with van der Waals surface area (Å²) in [6, 6.07) is 10.8. The van der Waals surface area contributed by atoms with Crippen LogP contribution in [0, 0.1) is 5.82 Å². The first kappa shape index (κ1) is 18.3. The van der Waals surface area contributed by atoms with Crippen LogP contribution in [0.15, 0.2) is 42.5 Å². The summed E-state index contributed by atoms with van der Waals surface area (Å²) < 4.78 is 23.1. The number of nitrogens with one attached hydrogen (secondary N) is 1. The van der Waals surface area contributed by atoms with Gasteiger partial charge in [0.2, 0.25) is 0 Å². The van der Waals surface area contributed by atoms with Crippen molar-refractivity contribution in [3.8, 4) is 5.75 Å². The highest BCUT2D eigenvalue weighted by Gasteiger charge is 2.13. The fraction of sp³-hybridized carbons (Fsp3) is 0.222. The minimum Gasteiger partial charge on any atom is -0.496 e. The zero-order chi connectivity index (χ0) is 18.2. The quantitative estimate of drug-likeness (QED) is 0.590. The molecular formula is C18H19FN2O4. The molecule has 1 amide bonds. The Labute approximate surface area is 144 Å². The van der Waals surface area contributed by atoms with Crippen LogP contribution >= 0.6 is 0 Å². The monoisotopic (exact) mass is 346 g/mol. The molecule has 0 unspecified atom stereocenters. The van der Waals surface area contributed by atoms with E-state index in [-0.39, 0.29) is 11.3 Å². The lowest BCUT2D eigenvalue weighted by atomic mass is 10.1. The van der Waals surface area contributed by atoms with E-state index in [9.17, 15) is 14.0 Å². The molecule has 2 aromatic carbocycles.